The van der Waals surface area contributed by atoms with Crippen molar-refractivity contribution in [2.24, 2.45) is 0 Å². The van der Waals surface area contributed by atoms with E-state index in [2.05, 4.69) is 60.9 Å². The van der Waals surface area contributed by atoms with Crippen molar-refractivity contribution in [1.82, 2.24) is 9.80 Å². The van der Waals surface area contributed by atoms with Crippen LogP contribution >= 0.6 is 24.8 Å². The van der Waals surface area contributed by atoms with Crippen LogP contribution < -0.4 is 0 Å². The van der Waals surface area contributed by atoms with Gasteiger partial charge in [0.2, 0.25) is 0 Å². The molecule has 1 atom stereocenters. The maximum Gasteiger partial charge on any atom is 0.164 e. The van der Waals surface area contributed by atoms with Crippen LogP contribution in [0.2, 0.25) is 0 Å². The summed E-state index contributed by atoms with van der Waals surface area (Å²) in [5.41, 5.74) is 1.93. The van der Waals surface area contributed by atoms with Crippen LogP contribution in [0.1, 0.15) is 43.1 Å². The first-order chi connectivity index (χ1) is 13.9. The lowest BCUT2D eigenvalue weighted by Crippen LogP contribution is -2.53. The number of Topliss-reactive ketones (excluding diaryl/α,β-unsaturated/α-hetero) is 1. The van der Waals surface area contributed by atoms with Crippen molar-refractivity contribution in [3.8, 4) is 0 Å². The average molecular weight is 467 g/mol. The third-order valence-electron chi connectivity index (χ3n) is 5.31. The number of hydrogen-bond acceptors (Lipinski definition) is 4. The van der Waals surface area contributed by atoms with Gasteiger partial charge in [-0.15, -0.1) is 24.8 Å². The molecule has 1 saturated heterocycles. The van der Waals surface area contributed by atoms with E-state index >= 15 is 0 Å². The van der Waals surface area contributed by atoms with Crippen molar-refractivity contribution in [2.45, 2.75) is 45.4 Å². The summed E-state index contributed by atoms with van der Waals surface area (Å²) in [5.74, 6) is 0.228. The van der Waals surface area contributed by atoms with Gasteiger partial charge in [-0.1, -0.05) is 60.7 Å². The minimum atomic E-state index is -0.182. The molecule has 2 aromatic carbocycles. The van der Waals surface area contributed by atoms with Gasteiger partial charge in [-0.05, 0) is 26.3 Å². The van der Waals surface area contributed by atoms with Crippen molar-refractivity contribution in [1.29, 1.82) is 0 Å². The Bertz CT molecular complexity index is 758. The number of nitrogens with zero attached hydrogens (tertiary/aromatic N) is 2. The summed E-state index contributed by atoms with van der Waals surface area (Å²) in [5, 5.41) is 0. The summed E-state index contributed by atoms with van der Waals surface area (Å²) in [6.45, 7) is 11.1. The third kappa shape index (κ3) is 9.30. The number of halogens is 2. The highest BCUT2D eigenvalue weighted by Gasteiger charge is 2.28. The van der Waals surface area contributed by atoms with Gasteiger partial charge in [-0.3, -0.25) is 9.69 Å². The molecule has 6 heteroatoms. The number of hydrogen-bond donors (Lipinski definition) is 0. The van der Waals surface area contributed by atoms with Gasteiger partial charge in [0.1, 0.15) is 6.23 Å². The zero-order valence-corrected chi connectivity index (χ0v) is 20.5. The van der Waals surface area contributed by atoms with E-state index in [1.54, 1.807) is 0 Å². The highest BCUT2D eigenvalue weighted by molar-refractivity contribution is 5.96. The number of carbonyl (C=O) groups is 1. The topological polar surface area (TPSA) is 32.8 Å². The summed E-state index contributed by atoms with van der Waals surface area (Å²) in [7, 11) is 0. The summed E-state index contributed by atoms with van der Waals surface area (Å²) in [4.78, 5) is 17.2. The van der Waals surface area contributed by atoms with Crippen molar-refractivity contribution in [3.05, 3.63) is 71.8 Å². The summed E-state index contributed by atoms with van der Waals surface area (Å²) in [6, 6.07) is 20.2. The van der Waals surface area contributed by atoms with Gasteiger partial charge in [0.05, 0.1) is 5.60 Å². The fourth-order valence-electron chi connectivity index (χ4n) is 3.77. The predicted octanol–water partition coefficient (Wildman–Crippen LogP) is 5.10. The number of benzene rings is 2. The Kier molecular flexibility index (Phi) is 11.7. The Hall–Kier alpha value is -1.43. The smallest absolute Gasteiger partial charge is 0.164 e. The molecule has 0 amide bonds. The maximum atomic E-state index is 12.4. The van der Waals surface area contributed by atoms with Gasteiger partial charge < -0.3 is 9.64 Å². The van der Waals surface area contributed by atoms with Gasteiger partial charge in [0, 0.05) is 51.1 Å². The molecule has 31 heavy (non-hydrogen) atoms. The van der Waals surface area contributed by atoms with Crippen LogP contribution in [-0.4, -0.2) is 60.1 Å². The monoisotopic (exact) mass is 466 g/mol. The number of ether oxygens (including phenoxy) is 1. The van der Waals surface area contributed by atoms with Crippen molar-refractivity contribution in [2.75, 3.05) is 32.7 Å². The molecule has 172 valence electrons. The van der Waals surface area contributed by atoms with E-state index in [9.17, 15) is 4.79 Å². The van der Waals surface area contributed by atoms with Crippen LogP contribution in [0.4, 0.5) is 0 Å². The fraction of sp³-hybridized carbons (Fsp3) is 0.480. The van der Waals surface area contributed by atoms with E-state index in [4.69, 9.17) is 4.74 Å². The second-order valence-electron chi connectivity index (χ2n) is 8.79. The maximum absolute atomic E-state index is 12.4. The summed E-state index contributed by atoms with van der Waals surface area (Å²) in [6.07, 6.45) is 1.55. The Balaban J connectivity index is 0.00000240. The molecule has 1 aliphatic rings. The molecular formula is C25H36Cl2N2O2. The molecular weight excluding hydrogens is 431 g/mol. The molecule has 0 aliphatic carbocycles. The number of carbonyl (C=O) groups excluding carboxylic acids is 1. The van der Waals surface area contributed by atoms with Crippen LogP contribution in [0, 0.1) is 0 Å². The predicted molar refractivity (Wildman–Crippen MR) is 133 cm³/mol. The molecule has 0 N–H and O–H groups in total. The molecule has 1 aliphatic heterocycles. The second kappa shape index (κ2) is 13.2. The van der Waals surface area contributed by atoms with Gasteiger partial charge >= 0.3 is 0 Å². The summed E-state index contributed by atoms with van der Waals surface area (Å²) >= 11 is 0. The van der Waals surface area contributed by atoms with E-state index < -0.39 is 0 Å². The lowest BCUT2D eigenvalue weighted by Gasteiger charge is -2.41. The standard InChI is InChI=1S/C25H34N2O2.2ClH/c1-25(2,3)29-24(20-21-10-6-4-7-11-21)27-18-16-26(17-19-27)15-14-23(28)22-12-8-5-9-13-22;;/h4-13,24H,14-20H2,1-3H3;2*1H. The minimum absolute atomic E-state index is 0. The van der Waals surface area contributed by atoms with Crippen molar-refractivity contribution < 1.29 is 9.53 Å². The van der Waals surface area contributed by atoms with Crippen molar-refractivity contribution in [3.63, 3.8) is 0 Å². The molecule has 0 spiro atoms. The molecule has 2 aromatic rings. The molecule has 1 fully saturated rings. The average Bonchev–Trinajstić information content (AvgIpc) is 2.72. The zero-order chi connectivity index (χ0) is 20.7. The van der Waals surface area contributed by atoms with E-state index in [0.717, 1.165) is 44.7 Å². The first-order valence-corrected chi connectivity index (χ1v) is 10.7. The fourth-order valence-corrected chi connectivity index (χ4v) is 3.77. The highest BCUT2D eigenvalue weighted by atomic mass is 35.5. The molecule has 1 heterocycles. The number of rotatable bonds is 8. The van der Waals surface area contributed by atoms with E-state index in [1.807, 2.05) is 30.3 Å². The molecule has 0 bridgehead atoms. The SMILES string of the molecule is CC(C)(C)OC(Cc1ccccc1)N1CCN(CCC(=O)c2ccccc2)CC1.Cl.Cl. The first-order valence-electron chi connectivity index (χ1n) is 10.7. The van der Waals surface area contributed by atoms with E-state index in [-0.39, 0.29) is 42.4 Å². The molecule has 0 saturated carbocycles. The zero-order valence-electron chi connectivity index (χ0n) is 18.8. The van der Waals surface area contributed by atoms with E-state index in [0.29, 0.717) is 6.42 Å². The Labute approximate surface area is 199 Å². The second-order valence-corrected chi connectivity index (χ2v) is 8.79. The largest absolute Gasteiger partial charge is 0.357 e. The molecule has 0 radical (unpaired) electrons. The lowest BCUT2D eigenvalue weighted by atomic mass is 10.1. The van der Waals surface area contributed by atoms with Crippen LogP contribution in [0.15, 0.2) is 60.7 Å². The molecule has 0 aromatic heterocycles. The lowest BCUT2D eigenvalue weighted by molar-refractivity contribution is -0.140. The van der Waals surface area contributed by atoms with Gasteiger partial charge in [0.15, 0.2) is 5.78 Å². The van der Waals surface area contributed by atoms with Gasteiger partial charge in [-0.2, -0.15) is 0 Å². The van der Waals surface area contributed by atoms with E-state index in [1.165, 1.54) is 5.56 Å². The molecule has 3 rings (SSSR count). The molecule has 1 unspecified atom stereocenters. The normalized spacial score (nSPS) is 16.1. The van der Waals surface area contributed by atoms with Crippen LogP contribution in [0.5, 0.6) is 0 Å². The Morgan fingerprint density at radius 3 is 2.00 bits per heavy atom. The van der Waals surface area contributed by atoms with Crippen LogP contribution in [0.25, 0.3) is 0 Å². The van der Waals surface area contributed by atoms with Gasteiger partial charge in [0.25, 0.3) is 0 Å². The quantitative estimate of drug-likeness (QED) is 0.506. The highest BCUT2D eigenvalue weighted by Crippen LogP contribution is 2.20. The van der Waals surface area contributed by atoms with Crippen LogP contribution in [0.3, 0.4) is 0 Å². The molecule has 4 nitrogen and oxygen atoms in total. The van der Waals surface area contributed by atoms with Gasteiger partial charge in [-0.25, -0.2) is 0 Å². The van der Waals surface area contributed by atoms with Crippen LogP contribution in [-0.2, 0) is 11.2 Å². The number of piperazine rings is 1. The summed E-state index contributed by atoms with van der Waals surface area (Å²) < 4.78 is 6.43. The van der Waals surface area contributed by atoms with Crippen molar-refractivity contribution >= 4 is 30.6 Å². The number of ketones is 1. The third-order valence-corrected chi connectivity index (χ3v) is 5.31. The minimum Gasteiger partial charge on any atom is -0.357 e. The first kappa shape index (κ1) is 27.6. The Morgan fingerprint density at radius 1 is 0.903 bits per heavy atom. The Morgan fingerprint density at radius 2 is 1.45 bits per heavy atom.